The summed E-state index contributed by atoms with van der Waals surface area (Å²) in [4.78, 5) is 66.2. The number of allylic oxidation sites excluding steroid dienone is 2. The van der Waals surface area contributed by atoms with E-state index in [1.807, 2.05) is 18.2 Å². The van der Waals surface area contributed by atoms with Crippen molar-refractivity contribution in [2.45, 2.75) is 84.1 Å². The fourth-order valence-corrected chi connectivity index (χ4v) is 6.97. The molecule has 53 heavy (non-hydrogen) atoms. The van der Waals surface area contributed by atoms with Crippen LogP contribution in [0.2, 0.25) is 0 Å². The topological polar surface area (TPSA) is 157 Å². The first kappa shape index (κ1) is 38.5. The van der Waals surface area contributed by atoms with Gasteiger partial charge >= 0.3 is 0 Å². The number of ketones is 1. The van der Waals surface area contributed by atoms with Crippen LogP contribution in [0.25, 0.3) is 5.57 Å². The van der Waals surface area contributed by atoms with E-state index in [-0.39, 0.29) is 35.9 Å². The number of fused-ring (bicyclic) bond motifs is 1. The summed E-state index contributed by atoms with van der Waals surface area (Å²) in [5, 5.41) is 13.1. The number of hydrogen-bond acceptors (Lipinski definition) is 9. The molecule has 11 nitrogen and oxygen atoms in total. The Labute approximate surface area is 311 Å². The Kier molecular flexibility index (Phi) is 11.8. The quantitative estimate of drug-likeness (QED) is 0.0678. The number of anilines is 3. The van der Waals surface area contributed by atoms with Crippen molar-refractivity contribution in [1.82, 2.24) is 9.80 Å². The highest BCUT2D eigenvalue weighted by Gasteiger charge is 2.44. The number of nitrogens with one attached hydrogen (secondary N) is 1. The largest absolute Gasteiger partial charge is 0.402 e. The van der Waals surface area contributed by atoms with Crippen molar-refractivity contribution < 1.29 is 24.0 Å². The number of amides is 4. The molecule has 4 amide bonds. The van der Waals surface area contributed by atoms with E-state index >= 15 is 0 Å². The number of imide groups is 2. The second-order valence-corrected chi connectivity index (χ2v) is 14.2. The van der Waals surface area contributed by atoms with E-state index in [1.54, 1.807) is 32.0 Å². The highest BCUT2D eigenvalue weighted by atomic mass is 16.2. The zero-order chi connectivity index (χ0) is 38.4. The summed E-state index contributed by atoms with van der Waals surface area (Å²) < 4.78 is 0. The molecule has 1 fully saturated rings. The third-order valence-electron chi connectivity index (χ3n) is 10.3. The molecule has 11 heteroatoms. The van der Waals surface area contributed by atoms with Gasteiger partial charge in [0.25, 0.3) is 11.8 Å². The molecular weight excluding hydrogens is 668 g/mol. The Morgan fingerprint density at radius 2 is 1.70 bits per heavy atom. The summed E-state index contributed by atoms with van der Waals surface area (Å²) in [5.41, 5.74) is 13.0. The smallest absolute Gasteiger partial charge is 0.261 e. The van der Waals surface area contributed by atoms with Gasteiger partial charge in [-0.2, -0.15) is 5.26 Å². The van der Waals surface area contributed by atoms with Crippen molar-refractivity contribution in [3.63, 3.8) is 0 Å². The van der Waals surface area contributed by atoms with E-state index in [9.17, 15) is 29.2 Å². The summed E-state index contributed by atoms with van der Waals surface area (Å²) in [7, 11) is 1.38. The molecule has 1 aliphatic heterocycles. The lowest BCUT2D eigenvalue weighted by Gasteiger charge is -2.28. The third-order valence-corrected chi connectivity index (χ3v) is 10.3. The molecule has 5 rings (SSSR count). The summed E-state index contributed by atoms with van der Waals surface area (Å²) in [6.45, 7) is 8.42. The van der Waals surface area contributed by atoms with Crippen LogP contribution in [0.4, 0.5) is 17.1 Å². The number of carbonyl (C=O) groups excluding carboxylic acids is 5. The van der Waals surface area contributed by atoms with Crippen LogP contribution in [0.5, 0.6) is 0 Å². The number of nitriles is 1. The molecule has 0 bridgehead atoms. The summed E-state index contributed by atoms with van der Waals surface area (Å²) in [6.07, 6.45) is 5.13. The van der Waals surface area contributed by atoms with Crippen LogP contribution < -0.4 is 16.0 Å². The maximum absolute atomic E-state index is 13.3. The lowest BCUT2D eigenvalue weighted by molar-refractivity contribution is -0.136. The second-order valence-electron chi connectivity index (χ2n) is 14.2. The fraction of sp³-hybridized carbons (Fsp3) is 0.381. The minimum atomic E-state index is -0.503. The van der Waals surface area contributed by atoms with Crippen molar-refractivity contribution >= 4 is 52.6 Å². The average Bonchev–Trinajstić information content (AvgIpc) is 3.90. The number of rotatable bonds is 17. The van der Waals surface area contributed by atoms with Crippen LogP contribution in [-0.2, 0) is 19.8 Å². The van der Waals surface area contributed by atoms with Gasteiger partial charge < -0.3 is 16.0 Å². The molecule has 3 aromatic rings. The fourth-order valence-electron chi connectivity index (χ4n) is 6.97. The first-order chi connectivity index (χ1) is 25.3. The molecule has 276 valence electrons. The molecule has 1 aliphatic carbocycles. The van der Waals surface area contributed by atoms with Crippen molar-refractivity contribution in [1.29, 1.82) is 5.26 Å². The highest BCUT2D eigenvalue weighted by Crippen LogP contribution is 2.48. The Balaban J connectivity index is 1.22. The van der Waals surface area contributed by atoms with Crippen LogP contribution in [0.1, 0.15) is 103 Å². The van der Waals surface area contributed by atoms with Gasteiger partial charge in [0.05, 0.1) is 22.6 Å². The zero-order valence-electron chi connectivity index (χ0n) is 31.2. The first-order valence-electron chi connectivity index (χ1n) is 18.2. The van der Waals surface area contributed by atoms with Crippen LogP contribution in [0.15, 0.2) is 66.4 Å². The van der Waals surface area contributed by atoms with E-state index in [0.717, 1.165) is 70.8 Å². The lowest BCUT2D eigenvalue weighted by Crippen LogP contribution is -2.38. The van der Waals surface area contributed by atoms with Crippen LogP contribution in [0, 0.1) is 18.3 Å². The molecule has 0 radical (unpaired) electrons. The zero-order valence-corrected chi connectivity index (χ0v) is 31.2. The number of nitrogens with zero attached hydrogens (tertiary/aromatic N) is 4. The van der Waals surface area contributed by atoms with E-state index in [0.29, 0.717) is 41.9 Å². The van der Waals surface area contributed by atoms with Crippen LogP contribution >= 0.6 is 0 Å². The van der Waals surface area contributed by atoms with Crippen LogP contribution in [0.3, 0.4) is 0 Å². The Morgan fingerprint density at radius 1 is 1.00 bits per heavy atom. The minimum Gasteiger partial charge on any atom is -0.402 e. The van der Waals surface area contributed by atoms with E-state index in [1.165, 1.54) is 18.9 Å². The van der Waals surface area contributed by atoms with Gasteiger partial charge in [-0.05, 0) is 119 Å². The SMILES string of the molecule is CC(=O)C(=C(C)N)c1ccc(C)c(N(CCCCCNc2ccc3c(c2)C(=O)N(C(C)CCC(=O)N(C)C=O)C3=O)c2ccc(C3(C#N)CC3)cc2)c1. The van der Waals surface area contributed by atoms with Crippen LogP contribution in [-0.4, -0.2) is 65.9 Å². The average molecular weight is 717 g/mol. The molecule has 1 saturated carbocycles. The van der Waals surface area contributed by atoms with Gasteiger partial charge in [0.2, 0.25) is 12.3 Å². The number of aryl methyl sites for hydroxylation is 1. The molecule has 0 saturated heterocycles. The lowest BCUT2D eigenvalue weighted by atomic mass is 9.96. The highest BCUT2D eigenvalue weighted by molar-refractivity contribution is 6.22. The second kappa shape index (κ2) is 16.3. The Morgan fingerprint density at radius 3 is 2.32 bits per heavy atom. The van der Waals surface area contributed by atoms with Gasteiger partial charge in [-0.25, -0.2) is 0 Å². The number of benzene rings is 3. The Bertz CT molecular complexity index is 1990. The molecule has 3 N–H and O–H groups in total. The van der Waals surface area contributed by atoms with Gasteiger partial charge in [-0.15, -0.1) is 0 Å². The molecule has 0 spiro atoms. The summed E-state index contributed by atoms with van der Waals surface area (Å²) in [6, 6.07) is 21.4. The molecule has 1 unspecified atom stereocenters. The number of Topliss-reactive ketones (excluding diaryl/α,β-unsaturated/α-hetero) is 1. The predicted molar refractivity (Wildman–Crippen MR) is 205 cm³/mol. The molecule has 3 aromatic carbocycles. The van der Waals surface area contributed by atoms with Gasteiger partial charge in [-0.3, -0.25) is 33.8 Å². The molecule has 1 heterocycles. The normalized spacial score (nSPS) is 15.2. The first-order valence-corrected chi connectivity index (χ1v) is 18.2. The van der Waals surface area contributed by atoms with Gasteiger partial charge in [0.15, 0.2) is 5.78 Å². The maximum Gasteiger partial charge on any atom is 0.261 e. The Hall–Kier alpha value is -5.76. The van der Waals surface area contributed by atoms with Crippen molar-refractivity contribution in [3.8, 4) is 6.07 Å². The summed E-state index contributed by atoms with van der Waals surface area (Å²) in [5.74, 6) is -1.24. The molecular formula is C42H48N6O5. The van der Waals surface area contributed by atoms with Crippen molar-refractivity contribution in [2.75, 3.05) is 30.4 Å². The van der Waals surface area contributed by atoms with Gasteiger partial charge in [-0.1, -0.05) is 24.3 Å². The van der Waals surface area contributed by atoms with E-state index in [2.05, 4.69) is 47.5 Å². The predicted octanol–water partition coefficient (Wildman–Crippen LogP) is 6.63. The minimum absolute atomic E-state index is 0.0434. The third kappa shape index (κ3) is 8.33. The van der Waals surface area contributed by atoms with Gasteiger partial charge in [0, 0.05) is 60.9 Å². The molecule has 2 aliphatic rings. The number of hydrogen-bond donors (Lipinski definition) is 2. The monoisotopic (exact) mass is 716 g/mol. The molecule has 0 aromatic heterocycles. The van der Waals surface area contributed by atoms with Crippen molar-refractivity contribution in [2.24, 2.45) is 5.73 Å². The number of nitrogens with two attached hydrogens (primary N) is 1. The maximum atomic E-state index is 13.3. The number of carbonyl (C=O) groups is 5. The number of unbranched alkanes of at least 4 members (excludes halogenated alkanes) is 2. The van der Waals surface area contributed by atoms with Gasteiger partial charge in [0.1, 0.15) is 0 Å². The summed E-state index contributed by atoms with van der Waals surface area (Å²) >= 11 is 0. The molecule has 1 atom stereocenters. The standard InChI is InChI=1S/C42H48N6O5/c1-27-9-11-31(39(29(3)44)30(4)50)23-37(27)47(34-15-12-32(13-16-34)42(25-43)19-20-42)22-8-6-7-21-45-33-14-17-35-36(24-33)41(53)48(40(35)52)28(2)10-18-38(51)46(5)26-49/h9,11-17,23-24,26,28,45H,6-8,10,18-22,44H2,1-5H3. The van der Waals surface area contributed by atoms with Crippen molar-refractivity contribution in [3.05, 3.63) is 94.2 Å². The van der Waals surface area contributed by atoms with E-state index in [4.69, 9.17) is 5.73 Å². The van der Waals surface area contributed by atoms with E-state index < -0.39 is 11.9 Å².